The van der Waals surface area contributed by atoms with Gasteiger partial charge in [0.25, 0.3) is 0 Å². The van der Waals surface area contributed by atoms with Crippen LogP contribution < -0.4 is 19.1 Å². The number of carbonyl (C=O) groups is 2. The minimum Gasteiger partial charge on any atom is -0.497 e. The number of carbonyl (C=O) groups excluding carboxylic acids is 2. The maximum absolute atomic E-state index is 13.7. The number of benzene rings is 2. The maximum atomic E-state index is 13.7. The number of nitrogens with zero attached hydrogens (tertiary/aromatic N) is 2. The predicted molar refractivity (Wildman–Crippen MR) is 141 cm³/mol. The molecule has 9 nitrogen and oxygen atoms in total. The summed E-state index contributed by atoms with van der Waals surface area (Å²) in [7, 11) is -1.06. The molecule has 0 aromatic heterocycles. The van der Waals surface area contributed by atoms with E-state index in [9.17, 15) is 18.0 Å². The Morgan fingerprint density at radius 1 is 1.06 bits per heavy atom. The van der Waals surface area contributed by atoms with Crippen molar-refractivity contribution in [2.75, 3.05) is 31.3 Å². The molecule has 2 aromatic rings. The van der Waals surface area contributed by atoms with Gasteiger partial charge in [-0.15, -0.1) is 0 Å². The molecule has 0 fully saturated rings. The van der Waals surface area contributed by atoms with Crippen LogP contribution >= 0.6 is 11.6 Å². The Labute approximate surface area is 218 Å². The number of halogens is 1. The lowest BCUT2D eigenvalue weighted by atomic mass is 10.1. The Morgan fingerprint density at radius 2 is 1.69 bits per heavy atom. The Hall–Kier alpha value is -2.98. The molecule has 2 amide bonds. The highest BCUT2D eigenvalue weighted by Crippen LogP contribution is 2.34. The molecule has 1 N–H and O–H groups in total. The van der Waals surface area contributed by atoms with Gasteiger partial charge in [-0.25, -0.2) is 8.42 Å². The predicted octanol–water partition coefficient (Wildman–Crippen LogP) is 3.46. The largest absolute Gasteiger partial charge is 0.497 e. The fourth-order valence-corrected chi connectivity index (χ4v) is 4.64. The first-order valence-corrected chi connectivity index (χ1v) is 13.7. The molecule has 0 saturated heterocycles. The number of hydrogen-bond donors (Lipinski definition) is 1. The van der Waals surface area contributed by atoms with Crippen molar-refractivity contribution >= 4 is 39.1 Å². The van der Waals surface area contributed by atoms with Crippen LogP contribution in [0, 0.1) is 0 Å². The molecule has 1 unspecified atom stereocenters. The number of sulfonamides is 1. The van der Waals surface area contributed by atoms with Gasteiger partial charge in [-0.2, -0.15) is 0 Å². The summed E-state index contributed by atoms with van der Waals surface area (Å²) in [6.07, 6.45) is 1.34. The van der Waals surface area contributed by atoms with E-state index in [0.717, 1.165) is 16.1 Å². The number of methoxy groups -OCH3 is 2. The summed E-state index contributed by atoms with van der Waals surface area (Å²) in [6.45, 7) is 5.01. The molecule has 36 heavy (non-hydrogen) atoms. The van der Waals surface area contributed by atoms with E-state index in [1.165, 1.54) is 25.2 Å². The van der Waals surface area contributed by atoms with Gasteiger partial charge in [0.05, 0.1) is 26.2 Å². The molecular weight excluding hydrogens is 506 g/mol. The molecular formula is C25H34ClN3O6S. The lowest BCUT2D eigenvalue weighted by Gasteiger charge is -2.33. The number of nitrogens with one attached hydrogen (secondary N) is 1. The van der Waals surface area contributed by atoms with Crippen molar-refractivity contribution in [2.45, 2.75) is 45.8 Å². The van der Waals surface area contributed by atoms with Crippen molar-refractivity contribution in [1.29, 1.82) is 0 Å². The Kier molecular flexibility index (Phi) is 10.4. The van der Waals surface area contributed by atoms with E-state index < -0.39 is 28.5 Å². The first-order chi connectivity index (χ1) is 16.9. The monoisotopic (exact) mass is 539 g/mol. The standard InChI is InChI=1S/C25H34ClN3O6S/c1-7-21(25(31)27-17(2)3)28(15-18-8-10-19(26)11-9-18)24(30)16-29(36(6,32)33)22-14-20(34-4)12-13-23(22)35-5/h8-14,17,21H,7,15-16H2,1-6H3,(H,27,31). The van der Waals surface area contributed by atoms with Gasteiger partial charge in [0.15, 0.2) is 0 Å². The maximum Gasteiger partial charge on any atom is 0.244 e. The van der Waals surface area contributed by atoms with Crippen LogP contribution in [0.4, 0.5) is 5.69 Å². The van der Waals surface area contributed by atoms with Crippen molar-refractivity contribution in [3.63, 3.8) is 0 Å². The quantitative estimate of drug-likeness (QED) is 0.443. The van der Waals surface area contributed by atoms with Gasteiger partial charge in [0.2, 0.25) is 21.8 Å². The van der Waals surface area contributed by atoms with Gasteiger partial charge in [-0.05, 0) is 50.1 Å². The number of anilines is 1. The second-order valence-corrected chi connectivity index (χ2v) is 10.9. The normalized spacial score (nSPS) is 12.1. The minimum absolute atomic E-state index is 0.0902. The number of rotatable bonds is 12. The first-order valence-electron chi connectivity index (χ1n) is 11.4. The SMILES string of the molecule is CCC(C(=O)NC(C)C)N(Cc1ccc(Cl)cc1)C(=O)CN(c1cc(OC)ccc1OC)S(C)(=O)=O. The van der Waals surface area contributed by atoms with Gasteiger partial charge < -0.3 is 19.7 Å². The van der Waals surface area contributed by atoms with E-state index in [2.05, 4.69) is 5.32 Å². The molecule has 0 bridgehead atoms. The lowest BCUT2D eigenvalue weighted by molar-refractivity contribution is -0.140. The van der Waals surface area contributed by atoms with Crippen molar-refractivity contribution in [3.8, 4) is 11.5 Å². The molecule has 11 heteroatoms. The summed E-state index contributed by atoms with van der Waals surface area (Å²) in [5.41, 5.74) is 0.896. The van der Waals surface area contributed by atoms with Crippen molar-refractivity contribution in [2.24, 2.45) is 0 Å². The van der Waals surface area contributed by atoms with Gasteiger partial charge >= 0.3 is 0 Å². The molecule has 0 saturated carbocycles. The molecule has 198 valence electrons. The third-order valence-corrected chi connectivity index (χ3v) is 6.80. The fraction of sp³-hybridized carbons (Fsp3) is 0.440. The smallest absolute Gasteiger partial charge is 0.244 e. The van der Waals surface area contributed by atoms with Crippen LogP contribution in [0.5, 0.6) is 11.5 Å². The number of ether oxygens (including phenoxy) is 2. The van der Waals surface area contributed by atoms with E-state index in [4.69, 9.17) is 21.1 Å². The summed E-state index contributed by atoms with van der Waals surface area (Å²) in [5, 5.41) is 3.39. The van der Waals surface area contributed by atoms with Crippen LogP contribution in [0.2, 0.25) is 5.02 Å². The fourth-order valence-electron chi connectivity index (χ4n) is 3.67. The second kappa shape index (κ2) is 12.8. The zero-order valence-electron chi connectivity index (χ0n) is 21.4. The zero-order chi connectivity index (χ0) is 27.0. The van der Waals surface area contributed by atoms with Gasteiger partial charge in [0.1, 0.15) is 24.1 Å². The third-order valence-electron chi connectivity index (χ3n) is 5.42. The lowest BCUT2D eigenvalue weighted by Crippen LogP contribution is -2.53. The van der Waals surface area contributed by atoms with Crippen LogP contribution in [0.25, 0.3) is 0 Å². The molecule has 0 aliphatic heterocycles. The Bertz CT molecular complexity index is 1150. The van der Waals surface area contributed by atoms with Crippen LogP contribution in [-0.2, 0) is 26.2 Å². The molecule has 0 radical (unpaired) electrons. The summed E-state index contributed by atoms with van der Waals surface area (Å²) in [6, 6.07) is 10.6. The van der Waals surface area contributed by atoms with Crippen LogP contribution in [0.3, 0.4) is 0 Å². The molecule has 0 aliphatic carbocycles. The van der Waals surface area contributed by atoms with E-state index in [-0.39, 0.29) is 29.9 Å². The van der Waals surface area contributed by atoms with Crippen molar-refractivity contribution in [1.82, 2.24) is 10.2 Å². The molecule has 0 heterocycles. The van der Waals surface area contributed by atoms with E-state index in [1.54, 1.807) is 43.3 Å². The average Bonchev–Trinajstić information content (AvgIpc) is 2.81. The van der Waals surface area contributed by atoms with E-state index in [0.29, 0.717) is 17.2 Å². The van der Waals surface area contributed by atoms with Gasteiger partial charge in [-0.1, -0.05) is 30.7 Å². The Morgan fingerprint density at radius 3 is 2.19 bits per heavy atom. The van der Waals surface area contributed by atoms with Crippen molar-refractivity contribution in [3.05, 3.63) is 53.1 Å². The van der Waals surface area contributed by atoms with Gasteiger partial charge in [0, 0.05) is 23.7 Å². The second-order valence-electron chi connectivity index (χ2n) is 8.54. The Balaban J connectivity index is 2.52. The van der Waals surface area contributed by atoms with E-state index in [1.807, 2.05) is 13.8 Å². The number of amides is 2. The highest BCUT2D eigenvalue weighted by molar-refractivity contribution is 7.92. The van der Waals surface area contributed by atoms with Gasteiger partial charge in [-0.3, -0.25) is 13.9 Å². The van der Waals surface area contributed by atoms with E-state index >= 15 is 0 Å². The summed E-state index contributed by atoms with van der Waals surface area (Å²) < 4.78 is 37.2. The summed E-state index contributed by atoms with van der Waals surface area (Å²) >= 11 is 6.01. The number of hydrogen-bond acceptors (Lipinski definition) is 6. The molecule has 2 rings (SSSR count). The summed E-state index contributed by atoms with van der Waals surface area (Å²) in [4.78, 5) is 28.1. The van der Waals surface area contributed by atoms with Crippen molar-refractivity contribution < 1.29 is 27.5 Å². The summed E-state index contributed by atoms with van der Waals surface area (Å²) in [5.74, 6) is -0.221. The molecule has 2 aromatic carbocycles. The van der Waals surface area contributed by atoms with Crippen LogP contribution in [0.15, 0.2) is 42.5 Å². The molecule has 1 atom stereocenters. The van der Waals surface area contributed by atoms with Crippen LogP contribution in [-0.4, -0.2) is 64.2 Å². The zero-order valence-corrected chi connectivity index (χ0v) is 23.0. The molecule has 0 aliphatic rings. The molecule has 0 spiro atoms. The van der Waals surface area contributed by atoms with Crippen LogP contribution in [0.1, 0.15) is 32.8 Å². The highest BCUT2D eigenvalue weighted by Gasteiger charge is 2.33. The minimum atomic E-state index is -3.92. The third kappa shape index (κ3) is 7.76. The highest BCUT2D eigenvalue weighted by atomic mass is 35.5. The average molecular weight is 540 g/mol. The first kappa shape index (κ1) is 29.3. The topological polar surface area (TPSA) is 105 Å².